The Balaban J connectivity index is 1.91. The molecule has 0 atom stereocenters. The fourth-order valence-electron chi connectivity index (χ4n) is 1.95. The molecule has 0 radical (unpaired) electrons. The topological polar surface area (TPSA) is 63.2 Å². The summed E-state index contributed by atoms with van der Waals surface area (Å²) >= 11 is 0. The summed E-state index contributed by atoms with van der Waals surface area (Å²) in [6.45, 7) is 0.290. The first kappa shape index (κ1) is 16.2. The van der Waals surface area contributed by atoms with Crippen molar-refractivity contribution in [1.82, 2.24) is 5.32 Å². The van der Waals surface area contributed by atoms with Crippen molar-refractivity contribution in [3.63, 3.8) is 0 Å². The number of rotatable bonds is 5. The van der Waals surface area contributed by atoms with Crippen molar-refractivity contribution >= 4 is 15.7 Å². The van der Waals surface area contributed by atoms with Crippen molar-refractivity contribution in [2.24, 2.45) is 0 Å². The van der Waals surface area contributed by atoms with Crippen LogP contribution in [0.4, 0.5) is 4.39 Å². The first-order valence-electron chi connectivity index (χ1n) is 6.65. The number of hydrogen-bond acceptors (Lipinski definition) is 3. The molecule has 4 nitrogen and oxygen atoms in total. The molecule has 0 spiro atoms. The maximum Gasteiger partial charge on any atom is 0.224 e. The molecule has 0 saturated carbocycles. The highest BCUT2D eigenvalue weighted by atomic mass is 32.2. The van der Waals surface area contributed by atoms with E-state index in [2.05, 4.69) is 5.32 Å². The smallest absolute Gasteiger partial charge is 0.224 e. The van der Waals surface area contributed by atoms with Crippen LogP contribution in [-0.2, 0) is 27.6 Å². The Morgan fingerprint density at radius 1 is 1.09 bits per heavy atom. The highest BCUT2D eigenvalue weighted by Gasteiger charge is 2.07. The maximum atomic E-state index is 13.0. The van der Waals surface area contributed by atoms with Gasteiger partial charge < -0.3 is 5.32 Å². The van der Waals surface area contributed by atoms with Gasteiger partial charge in [-0.15, -0.1) is 0 Å². The molecule has 0 saturated heterocycles. The molecule has 0 heterocycles. The summed E-state index contributed by atoms with van der Waals surface area (Å²) in [7, 11) is -3.22. The van der Waals surface area contributed by atoms with Gasteiger partial charge in [0.25, 0.3) is 0 Å². The van der Waals surface area contributed by atoms with E-state index >= 15 is 0 Å². The predicted octanol–water partition coefficient (Wildman–Crippen LogP) is 2.09. The monoisotopic (exact) mass is 321 g/mol. The lowest BCUT2D eigenvalue weighted by Gasteiger charge is -2.06. The third-order valence-corrected chi connectivity index (χ3v) is 4.22. The fraction of sp³-hybridized carbons (Fsp3) is 0.188. The second-order valence-electron chi connectivity index (χ2n) is 5.00. The van der Waals surface area contributed by atoms with Crippen molar-refractivity contribution < 1.29 is 17.6 Å². The van der Waals surface area contributed by atoms with Crippen molar-refractivity contribution in [3.8, 4) is 0 Å². The highest BCUT2D eigenvalue weighted by Crippen LogP contribution is 2.10. The summed E-state index contributed by atoms with van der Waals surface area (Å²) in [5.41, 5.74) is 1.39. The Morgan fingerprint density at radius 3 is 2.36 bits per heavy atom. The normalized spacial score (nSPS) is 11.2. The van der Waals surface area contributed by atoms with Crippen LogP contribution < -0.4 is 5.32 Å². The molecule has 0 bridgehead atoms. The van der Waals surface area contributed by atoms with Crippen molar-refractivity contribution in [3.05, 3.63) is 65.5 Å². The molecule has 2 aromatic rings. The van der Waals surface area contributed by atoms with Gasteiger partial charge in [-0.3, -0.25) is 4.79 Å². The number of hydrogen-bond donors (Lipinski definition) is 1. The van der Waals surface area contributed by atoms with Crippen LogP contribution >= 0.6 is 0 Å². The van der Waals surface area contributed by atoms with Crippen LogP contribution in [0, 0.1) is 5.82 Å². The Morgan fingerprint density at radius 2 is 1.77 bits per heavy atom. The molecule has 22 heavy (non-hydrogen) atoms. The zero-order valence-corrected chi connectivity index (χ0v) is 12.9. The summed E-state index contributed by atoms with van der Waals surface area (Å²) in [4.78, 5) is 12.0. The number of halogens is 1. The van der Waals surface area contributed by atoms with Crippen LogP contribution in [0.15, 0.2) is 53.4 Å². The molecule has 0 aliphatic carbocycles. The molecule has 0 fully saturated rings. The number of amides is 1. The summed E-state index contributed by atoms with van der Waals surface area (Å²) in [5.74, 6) is -0.598. The molecule has 2 aromatic carbocycles. The number of carbonyl (C=O) groups is 1. The molecular weight excluding hydrogens is 305 g/mol. The van der Waals surface area contributed by atoms with Crippen molar-refractivity contribution in [2.75, 3.05) is 6.26 Å². The Labute approximate surface area is 128 Å². The first-order chi connectivity index (χ1) is 10.3. The Hall–Kier alpha value is -2.21. The van der Waals surface area contributed by atoms with Gasteiger partial charge in [0.1, 0.15) is 5.82 Å². The Kier molecular flexibility index (Phi) is 4.92. The van der Waals surface area contributed by atoms with E-state index in [1.54, 1.807) is 24.3 Å². The first-order valence-corrected chi connectivity index (χ1v) is 8.54. The quantitative estimate of drug-likeness (QED) is 0.917. The molecule has 0 aromatic heterocycles. The summed E-state index contributed by atoms with van der Waals surface area (Å²) in [6, 6.07) is 12.2. The predicted molar refractivity (Wildman–Crippen MR) is 81.5 cm³/mol. The summed E-state index contributed by atoms with van der Waals surface area (Å²) in [6.07, 6.45) is 1.24. The number of benzene rings is 2. The van der Waals surface area contributed by atoms with E-state index in [9.17, 15) is 17.6 Å². The van der Waals surface area contributed by atoms with Crippen LogP contribution in [0.25, 0.3) is 0 Å². The van der Waals surface area contributed by atoms with E-state index in [0.29, 0.717) is 5.56 Å². The molecule has 1 N–H and O–H groups in total. The number of nitrogens with one attached hydrogen (secondary N) is 1. The van der Waals surface area contributed by atoms with Crippen LogP contribution in [0.3, 0.4) is 0 Å². The largest absolute Gasteiger partial charge is 0.352 e. The SMILES string of the molecule is CS(=O)(=O)c1ccc(CNC(=O)Cc2cccc(F)c2)cc1. The minimum absolute atomic E-state index is 0.0964. The average molecular weight is 321 g/mol. The van der Waals surface area contributed by atoms with Gasteiger partial charge in [0, 0.05) is 12.8 Å². The standard InChI is InChI=1S/C16H16FNO3S/c1-22(20,21)15-7-5-12(6-8-15)11-18-16(19)10-13-3-2-4-14(17)9-13/h2-9H,10-11H2,1H3,(H,18,19). The van der Waals surface area contributed by atoms with Crippen molar-refractivity contribution in [2.45, 2.75) is 17.9 Å². The minimum Gasteiger partial charge on any atom is -0.352 e. The second kappa shape index (κ2) is 6.70. The second-order valence-corrected chi connectivity index (χ2v) is 7.02. The van der Waals surface area contributed by atoms with Crippen LogP contribution in [0.2, 0.25) is 0 Å². The highest BCUT2D eigenvalue weighted by molar-refractivity contribution is 7.90. The van der Waals surface area contributed by atoms with Crippen LogP contribution in [-0.4, -0.2) is 20.6 Å². The number of carbonyl (C=O) groups excluding carboxylic acids is 1. The zero-order valence-electron chi connectivity index (χ0n) is 12.0. The van der Waals surface area contributed by atoms with Gasteiger partial charge in [-0.2, -0.15) is 0 Å². The average Bonchev–Trinajstić information content (AvgIpc) is 2.45. The van der Waals surface area contributed by atoms with Crippen molar-refractivity contribution in [1.29, 1.82) is 0 Å². The van der Waals surface area contributed by atoms with E-state index in [-0.39, 0.29) is 29.6 Å². The molecule has 0 unspecified atom stereocenters. The summed E-state index contributed by atoms with van der Waals surface area (Å²) < 4.78 is 35.7. The van der Waals surface area contributed by atoms with E-state index in [1.807, 2.05) is 0 Å². The third-order valence-electron chi connectivity index (χ3n) is 3.09. The molecule has 0 aliphatic rings. The lowest BCUT2D eigenvalue weighted by atomic mass is 10.1. The van der Waals surface area contributed by atoms with E-state index in [4.69, 9.17) is 0 Å². The lowest BCUT2D eigenvalue weighted by Crippen LogP contribution is -2.24. The van der Waals surface area contributed by atoms with Gasteiger partial charge >= 0.3 is 0 Å². The van der Waals surface area contributed by atoms with E-state index < -0.39 is 9.84 Å². The molecule has 1 amide bonds. The summed E-state index contributed by atoms with van der Waals surface area (Å²) in [5, 5.41) is 2.71. The van der Waals surface area contributed by atoms with Gasteiger partial charge in [-0.25, -0.2) is 12.8 Å². The molecule has 0 aliphatic heterocycles. The van der Waals surface area contributed by atoms with Gasteiger partial charge in [-0.1, -0.05) is 24.3 Å². The van der Waals surface area contributed by atoms with Gasteiger partial charge in [0.2, 0.25) is 5.91 Å². The molecule has 116 valence electrons. The molecule has 2 rings (SSSR count). The minimum atomic E-state index is -3.22. The van der Waals surface area contributed by atoms with Gasteiger partial charge in [0.05, 0.1) is 11.3 Å². The van der Waals surface area contributed by atoms with Crippen LogP contribution in [0.1, 0.15) is 11.1 Å². The van der Waals surface area contributed by atoms with Gasteiger partial charge in [-0.05, 0) is 35.4 Å². The molecule has 6 heteroatoms. The molecular formula is C16H16FNO3S. The Bertz CT molecular complexity index is 770. The number of sulfone groups is 1. The van der Waals surface area contributed by atoms with Crippen LogP contribution in [0.5, 0.6) is 0 Å². The lowest BCUT2D eigenvalue weighted by molar-refractivity contribution is -0.120. The van der Waals surface area contributed by atoms with Gasteiger partial charge in [0.15, 0.2) is 9.84 Å². The van der Waals surface area contributed by atoms with E-state index in [1.165, 1.54) is 24.3 Å². The van der Waals surface area contributed by atoms with E-state index in [0.717, 1.165) is 11.8 Å². The third kappa shape index (κ3) is 4.66. The fourth-order valence-corrected chi connectivity index (χ4v) is 2.58. The zero-order chi connectivity index (χ0) is 16.2. The maximum absolute atomic E-state index is 13.0.